The Morgan fingerprint density at radius 3 is 3.38 bits per heavy atom. The monoisotopic (exact) mass is 107 g/mol. The fourth-order valence-corrected chi connectivity index (χ4v) is 1.30. The first-order valence-electron chi connectivity index (χ1n) is 3.08. The van der Waals surface area contributed by atoms with Crippen molar-refractivity contribution >= 4 is 0 Å². The Bertz CT molecular complexity index is 156. The highest BCUT2D eigenvalue weighted by atomic mass is 15.2. The maximum Gasteiger partial charge on any atom is 0.0363 e. The normalized spacial score (nSPS) is 24.0. The zero-order valence-electron chi connectivity index (χ0n) is 4.80. The van der Waals surface area contributed by atoms with Gasteiger partial charge in [-0.2, -0.15) is 0 Å². The van der Waals surface area contributed by atoms with E-state index in [1.807, 2.05) is 0 Å². The fourth-order valence-electron chi connectivity index (χ4n) is 1.30. The molecular weight excluding hydrogens is 98.1 g/mol. The van der Waals surface area contributed by atoms with E-state index in [-0.39, 0.29) is 0 Å². The lowest BCUT2D eigenvalue weighted by molar-refractivity contribution is 0.444. The molecule has 0 fully saturated rings. The van der Waals surface area contributed by atoms with Gasteiger partial charge in [0.1, 0.15) is 0 Å². The number of fused-ring (bicyclic) bond motifs is 1. The minimum absolute atomic E-state index is 1.14. The van der Waals surface area contributed by atoms with Crippen molar-refractivity contribution in [3.8, 4) is 0 Å². The number of allylic oxidation sites excluding steroid dienone is 1. The van der Waals surface area contributed by atoms with Gasteiger partial charge in [-0.25, -0.2) is 0 Å². The van der Waals surface area contributed by atoms with Gasteiger partial charge < -0.3 is 4.90 Å². The lowest BCUT2D eigenvalue weighted by atomic mass is 10.4. The number of hydrogen-bond acceptors (Lipinski definition) is 1. The SMILES string of the molecule is C1=CC2=CCCN2C1. The second-order valence-corrected chi connectivity index (χ2v) is 2.27. The van der Waals surface area contributed by atoms with Crippen molar-refractivity contribution in [2.24, 2.45) is 0 Å². The molecule has 0 aromatic carbocycles. The van der Waals surface area contributed by atoms with Crippen LogP contribution < -0.4 is 0 Å². The molecule has 0 aromatic rings. The summed E-state index contributed by atoms with van der Waals surface area (Å²) in [6, 6.07) is 0. The van der Waals surface area contributed by atoms with Crippen LogP contribution in [0.3, 0.4) is 0 Å². The predicted octanol–water partition coefficient (Wildman–Crippen LogP) is 1.15. The summed E-state index contributed by atoms with van der Waals surface area (Å²) in [5.41, 5.74) is 1.44. The van der Waals surface area contributed by atoms with E-state index in [2.05, 4.69) is 23.1 Å². The Balaban J connectivity index is 2.31. The number of nitrogens with zero attached hydrogens (tertiary/aromatic N) is 1. The third kappa shape index (κ3) is 0.414. The molecule has 0 spiro atoms. The standard InChI is InChI=1S/C7H9N/c1-3-7-4-2-6-8(7)5-1/h1,3-4H,2,5-6H2. The molecule has 2 aliphatic rings. The molecule has 42 valence electrons. The van der Waals surface area contributed by atoms with E-state index in [1.165, 1.54) is 18.7 Å². The molecule has 1 heteroatoms. The van der Waals surface area contributed by atoms with Gasteiger partial charge in [0.05, 0.1) is 0 Å². The van der Waals surface area contributed by atoms with Crippen LogP contribution in [0.5, 0.6) is 0 Å². The smallest absolute Gasteiger partial charge is 0.0363 e. The first-order valence-corrected chi connectivity index (χ1v) is 3.08. The average molecular weight is 107 g/mol. The predicted molar refractivity (Wildman–Crippen MR) is 33.4 cm³/mol. The number of hydrogen-bond donors (Lipinski definition) is 0. The molecule has 8 heavy (non-hydrogen) atoms. The average Bonchev–Trinajstić information content (AvgIpc) is 2.15. The van der Waals surface area contributed by atoms with Gasteiger partial charge in [0.15, 0.2) is 0 Å². The van der Waals surface area contributed by atoms with Crippen molar-refractivity contribution in [1.82, 2.24) is 4.90 Å². The second-order valence-electron chi connectivity index (χ2n) is 2.27. The van der Waals surface area contributed by atoms with E-state index in [0.29, 0.717) is 0 Å². The van der Waals surface area contributed by atoms with Gasteiger partial charge in [0.2, 0.25) is 0 Å². The van der Waals surface area contributed by atoms with E-state index in [9.17, 15) is 0 Å². The van der Waals surface area contributed by atoms with Gasteiger partial charge in [-0.15, -0.1) is 0 Å². The van der Waals surface area contributed by atoms with Crippen LogP contribution in [0.4, 0.5) is 0 Å². The van der Waals surface area contributed by atoms with Crippen LogP contribution in [0.25, 0.3) is 0 Å². The van der Waals surface area contributed by atoms with E-state index in [0.717, 1.165) is 6.54 Å². The highest BCUT2D eigenvalue weighted by Gasteiger charge is 2.14. The minimum Gasteiger partial charge on any atom is -0.368 e. The van der Waals surface area contributed by atoms with Gasteiger partial charge in [-0.05, 0) is 12.5 Å². The molecule has 0 saturated heterocycles. The van der Waals surface area contributed by atoms with Crippen LogP contribution in [0, 0.1) is 0 Å². The van der Waals surface area contributed by atoms with Gasteiger partial charge >= 0.3 is 0 Å². The van der Waals surface area contributed by atoms with Crippen LogP contribution in [0.1, 0.15) is 6.42 Å². The largest absolute Gasteiger partial charge is 0.368 e. The lowest BCUT2D eigenvalue weighted by Crippen LogP contribution is -2.13. The zero-order chi connectivity index (χ0) is 5.40. The summed E-state index contributed by atoms with van der Waals surface area (Å²) < 4.78 is 0. The molecule has 0 atom stereocenters. The molecule has 1 nitrogen and oxygen atoms in total. The van der Waals surface area contributed by atoms with E-state index >= 15 is 0 Å². The van der Waals surface area contributed by atoms with Crippen molar-refractivity contribution < 1.29 is 0 Å². The molecule has 0 saturated carbocycles. The van der Waals surface area contributed by atoms with Crippen molar-refractivity contribution in [3.05, 3.63) is 23.9 Å². The van der Waals surface area contributed by atoms with Gasteiger partial charge in [-0.3, -0.25) is 0 Å². The van der Waals surface area contributed by atoms with Crippen molar-refractivity contribution in [1.29, 1.82) is 0 Å². The first-order chi connectivity index (χ1) is 3.97. The lowest BCUT2D eigenvalue weighted by Gasteiger charge is -2.11. The molecule has 0 aliphatic carbocycles. The van der Waals surface area contributed by atoms with Gasteiger partial charge in [-0.1, -0.05) is 12.2 Å². The zero-order valence-corrected chi connectivity index (χ0v) is 4.80. The Hall–Kier alpha value is -0.720. The summed E-state index contributed by atoms with van der Waals surface area (Å²) in [5.74, 6) is 0. The number of rotatable bonds is 0. The van der Waals surface area contributed by atoms with Crippen molar-refractivity contribution in [3.63, 3.8) is 0 Å². The van der Waals surface area contributed by atoms with Crippen molar-refractivity contribution in [2.45, 2.75) is 6.42 Å². The van der Waals surface area contributed by atoms with Crippen LogP contribution in [0.2, 0.25) is 0 Å². The molecule has 2 rings (SSSR count). The quantitative estimate of drug-likeness (QED) is 0.448. The Morgan fingerprint density at radius 1 is 1.50 bits per heavy atom. The Morgan fingerprint density at radius 2 is 2.50 bits per heavy atom. The van der Waals surface area contributed by atoms with Gasteiger partial charge in [0.25, 0.3) is 0 Å². The molecule has 0 radical (unpaired) electrons. The topological polar surface area (TPSA) is 3.24 Å². The highest BCUT2D eigenvalue weighted by Crippen LogP contribution is 2.19. The molecule has 0 N–H and O–H groups in total. The third-order valence-electron chi connectivity index (χ3n) is 1.73. The van der Waals surface area contributed by atoms with Crippen LogP contribution >= 0.6 is 0 Å². The molecule has 0 aromatic heterocycles. The Labute approximate surface area is 49.3 Å². The van der Waals surface area contributed by atoms with Crippen LogP contribution in [0.15, 0.2) is 23.9 Å². The molecule has 0 amide bonds. The molecular formula is C7H9N. The summed E-state index contributed by atoms with van der Waals surface area (Å²) in [7, 11) is 0. The summed E-state index contributed by atoms with van der Waals surface area (Å²) in [6.07, 6.45) is 7.96. The van der Waals surface area contributed by atoms with E-state index < -0.39 is 0 Å². The maximum absolute atomic E-state index is 2.39. The summed E-state index contributed by atoms with van der Waals surface area (Å²) in [6.45, 7) is 2.38. The summed E-state index contributed by atoms with van der Waals surface area (Å²) in [5, 5.41) is 0. The molecule has 2 heterocycles. The molecule has 2 aliphatic heterocycles. The second kappa shape index (κ2) is 1.38. The van der Waals surface area contributed by atoms with Crippen molar-refractivity contribution in [2.75, 3.05) is 13.1 Å². The van der Waals surface area contributed by atoms with E-state index in [4.69, 9.17) is 0 Å². The maximum atomic E-state index is 2.39. The summed E-state index contributed by atoms with van der Waals surface area (Å²) >= 11 is 0. The fraction of sp³-hybridized carbons (Fsp3) is 0.429. The summed E-state index contributed by atoms with van der Waals surface area (Å²) in [4.78, 5) is 2.39. The van der Waals surface area contributed by atoms with Crippen LogP contribution in [-0.4, -0.2) is 18.0 Å². The molecule has 0 unspecified atom stereocenters. The van der Waals surface area contributed by atoms with Crippen LogP contribution in [-0.2, 0) is 0 Å². The first kappa shape index (κ1) is 4.19. The minimum atomic E-state index is 1.14. The Kier molecular flexibility index (Phi) is 0.720. The molecule has 0 bridgehead atoms. The van der Waals surface area contributed by atoms with E-state index in [1.54, 1.807) is 0 Å². The third-order valence-corrected chi connectivity index (χ3v) is 1.73. The highest BCUT2D eigenvalue weighted by molar-refractivity contribution is 5.27. The van der Waals surface area contributed by atoms with Gasteiger partial charge in [0, 0.05) is 18.8 Å².